The first-order chi connectivity index (χ1) is 16.8. The highest BCUT2D eigenvalue weighted by molar-refractivity contribution is 6.89. The number of halogens is 4. The summed E-state index contributed by atoms with van der Waals surface area (Å²) in [6.45, 7) is 12.3. The van der Waals surface area contributed by atoms with Crippen molar-refractivity contribution in [1.29, 1.82) is 0 Å². The van der Waals surface area contributed by atoms with Crippen LogP contribution in [-0.4, -0.2) is 26.0 Å². The number of hydrogen-bond acceptors (Lipinski definition) is 5. The van der Waals surface area contributed by atoms with Gasteiger partial charge in [-0.15, -0.1) is 0 Å². The number of nitro groups is 2. The standard InChI is InChI=1S/C9H12FNO2Si.C9H14FNSi.C6H3ClFNO2.3CH4/c1-14(2,3)9-5-4-7(11(12)13)6-8(9)10;1-12(2,3)9-5-4-7(11)6-8(9)10;7-5-2-1-4(9(10)11)3-6(5)8;;;/h4-6H,1-3H3;4-6H,11H2,1-3H3;1-3H;3*1H4. The first kappa shape index (κ1) is 41.3. The molecular formula is C27H41ClF3N3O4Si2. The third-order valence-electron chi connectivity index (χ3n) is 4.89. The molecule has 0 unspecified atom stereocenters. The van der Waals surface area contributed by atoms with Crippen molar-refractivity contribution in [2.75, 3.05) is 5.73 Å². The van der Waals surface area contributed by atoms with Crippen LogP contribution in [0.15, 0.2) is 54.6 Å². The SMILES string of the molecule is C.C.C.C[Si](C)(C)c1ccc(N)cc1F.C[Si](C)(C)c1ccc([N+](=O)[O-])cc1F.O=[N+]([O-])c1ccc(Cl)c(F)c1. The summed E-state index contributed by atoms with van der Waals surface area (Å²) in [4.78, 5) is 19.2. The molecule has 0 amide bonds. The number of hydrogen-bond donors (Lipinski definition) is 1. The molecular weight excluding hydrogens is 579 g/mol. The number of nitro benzene ring substituents is 2. The van der Waals surface area contributed by atoms with Gasteiger partial charge >= 0.3 is 0 Å². The molecule has 0 atom stereocenters. The van der Waals surface area contributed by atoms with E-state index in [-0.39, 0.29) is 44.5 Å². The Morgan fingerprint density at radius 2 is 1.00 bits per heavy atom. The van der Waals surface area contributed by atoms with Crippen LogP contribution in [0.4, 0.5) is 30.2 Å². The average molecular weight is 620 g/mol. The molecule has 0 heterocycles. The van der Waals surface area contributed by atoms with Gasteiger partial charge in [0.1, 0.15) is 17.5 Å². The van der Waals surface area contributed by atoms with Crippen molar-refractivity contribution in [3.05, 3.63) is 97.3 Å². The van der Waals surface area contributed by atoms with E-state index in [0.717, 1.165) is 29.5 Å². The van der Waals surface area contributed by atoms with E-state index in [1.165, 1.54) is 18.2 Å². The number of anilines is 1. The summed E-state index contributed by atoms with van der Waals surface area (Å²) in [5.41, 5.74) is 5.45. The van der Waals surface area contributed by atoms with Gasteiger partial charge in [-0.25, -0.2) is 13.2 Å². The van der Waals surface area contributed by atoms with Crippen LogP contribution in [0.3, 0.4) is 0 Å². The third-order valence-corrected chi connectivity index (χ3v) is 9.24. The Morgan fingerprint density at radius 3 is 1.32 bits per heavy atom. The maximum absolute atomic E-state index is 13.4. The highest BCUT2D eigenvalue weighted by Crippen LogP contribution is 2.19. The maximum atomic E-state index is 13.4. The molecule has 0 bridgehead atoms. The van der Waals surface area contributed by atoms with Crippen LogP contribution < -0.4 is 16.1 Å². The molecule has 0 aliphatic heterocycles. The van der Waals surface area contributed by atoms with Gasteiger partial charge in [-0.05, 0) is 28.6 Å². The van der Waals surface area contributed by atoms with Crippen molar-refractivity contribution in [2.24, 2.45) is 0 Å². The van der Waals surface area contributed by atoms with Crippen molar-refractivity contribution >= 4 is 55.2 Å². The highest BCUT2D eigenvalue weighted by atomic mass is 35.5. The van der Waals surface area contributed by atoms with Crippen LogP contribution in [-0.2, 0) is 0 Å². The largest absolute Gasteiger partial charge is 0.399 e. The molecule has 40 heavy (non-hydrogen) atoms. The molecule has 2 N–H and O–H groups in total. The zero-order valence-electron chi connectivity index (χ0n) is 21.3. The zero-order valence-corrected chi connectivity index (χ0v) is 24.1. The molecule has 0 spiro atoms. The Bertz CT molecular complexity index is 1280. The van der Waals surface area contributed by atoms with Crippen molar-refractivity contribution in [3.63, 3.8) is 0 Å². The van der Waals surface area contributed by atoms with Gasteiger partial charge in [0.2, 0.25) is 0 Å². The smallest absolute Gasteiger partial charge is 0.272 e. The fourth-order valence-corrected chi connectivity index (χ4v) is 5.83. The van der Waals surface area contributed by atoms with Crippen LogP contribution >= 0.6 is 11.6 Å². The van der Waals surface area contributed by atoms with Gasteiger partial charge < -0.3 is 5.73 Å². The van der Waals surface area contributed by atoms with E-state index in [0.29, 0.717) is 10.9 Å². The minimum atomic E-state index is -1.73. The molecule has 3 rings (SSSR count). The van der Waals surface area contributed by atoms with Crippen LogP contribution in [0.2, 0.25) is 44.3 Å². The molecule has 7 nitrogen and oxygen atoms in total. The van der Waals surface area contributed by atoms with Gasteiger partial charge in [-0.2, -0.15) is 0 Å². The molecule has 224 valence electrons. The van der Waals surface area contributed by atoms with Crippen LogP contribution in [0.25, 0.3) is 0 Å². The Morgan fingerprint density at radius 1 is 0.650 bits per heavy atom. The van der Waals surface area contributed by atoms with E-state index < -0.39 is 37.6 Å². The number of non-ortho nitro benzene ring substituents is 2. The van der Waals surface area contributed by atoms with Gasteiger partial charge in [0.25, 0.3) is 11.4 Å². The van der Waals surface area contributed by atoms with E-state index in [1.54, 1.807) is 12.1 Å². The first-order valence-electron chi connectivity index (χ1n) is 10.9. The number of rotatable bonds is 4. The lowest BCUT2D eigenvalue weighted by atomic mass is 10.3. The van der Waals surface area contributed by atoms with Crippen molar-refractivity contribution in [2.45, 2.75) is 61.6 Å². The van der Waals surface area contributed by atoms with Gasteiger partial charge in [0, 0.05) is 17.8 Å². The fourth-order valence-electron chi connectivity index (χ4n) is 2.96. The number of nitrogens with zero attached hydrogens (tertiary/aromatic N) is 2. The Hall–Kier alpha value is -3.23. The predicted molar refractivity (Wildman–Crippen MR) is 168 cm³/mol. The van der Waals surface area contributed by atoms with Crippen molar-refractivity contribution < 1.29 is 23.0 Å². The summed E-state index contributed by atoms with van der Waals surface area (Å²) < 4.78 is 39.2. The second-order valence-corrected chi connectivity index (χ2v) is 20.5. The molecule has 0 aliphatic carbocycles. The van der Waals surface area contributed by atoms with Gasteiger partial charge in [0.15, 0.2) is 0 Å². The molecule has 0 saturated heterocycles. The molecule has 0 saturated carbocycles. The number of nitrogen functional groups attached to an aromatic ring is 1. The van der Waals surface area contributed by atoms with E-state index >= 15 is 0 Å². The summed E-state index contributed by atoms with van der Waals surface area (Å²) in [5.74, 6) is -1.39. The Balaban J connectivity index is -0.000000498. The normalized spacial score (nSPS) is 10.2. The van der Waals surface area contributed by atoms with Gasteiger partial charge in [-0.3, -0.25) is 20.2 Å². The van der Waals surface area contributed by atoms with Crippen molar-refractivity contribution in [3.8, 4) is 0 Å². The number of benzene rings is 3. The Labute approximate surface area is 242 Å². The van der Waals surface area contributed by atoms with Gasteiger partial charge in [-0.1, -0.05) is 85.3 Å². The molecule has 3 aromatic rings. The molecule has 13 heteroatoms. The molecule has 3 aromatic carbocycles. The quantitative estimate of drug-likeness (QED) is 0.136. The van der Waals surface area contributed by atoms with E-state index in [4.69, 9.17) is 17.3 Å². The Kier molecular flexibility index (Phi) is 17.3. The highest BCUT2D eigenvalue weighted by Gasteiger charge is 2.22. The summed E-state index contributed by atoms with van der Waals surface area (Å²) in [6, 6.07) is 11.9. The summed E-state index contributed by atoms with van der Waals surface area (Å²) in [6.07, 6.45) is 0. The summed E-state index contributed by atoms with van der Waals surface area (Å²) in [5, 5.41) is 21.8. The van der Waals surface area contributed by atoms with Crippen LogP contribution in [0.5, 0.6) is 0 Å². The minimum absolute atomic E-state index is 0. The minimum Gasteiger partial charge on any atom is -0.399 e. The van der Waals surface area contributed by atoms with E-state index in [1.807, 2.05) is 19.6 Å². The lowest BCUT2D eigenvalue weighted by Gasteiger charge is -2.17. The second kappa shape index (κ2) is 16.8. The molecule has 0 radical (unpaired) electrons. The summed E-state index contributed by atoms with van der Waals surface area (Å²) in [7, 11) is -3.26. The van der Waals surface area contributed by atoms with E-state index in [2.05, 4.69) is 19.6 Å². The lowest BCUT2D eigenvalue weighted by molar-refractivity contribution is -0.385. The monoisotopic (exact) mass is 619 g/mol. The molecule has 0 aliphatic rings. The lowest BCUT2D eigenvalue weighted by Crippen LogP contribution is -2.39. The molecule has 0 fully saturated rings. The van der Waals surface area contributed by atoms with Crippen LogP contribution in [0, 0.1) is 37.7 Å². The first-order valence-corrected chi connectivity index (χ1v) is 18.3. The second-order valence-electron chi connectivity index (χ2n) is 10.0. The van der Waals surface area contributed by atoms with Crippen molar-refractivity contribution in [1.82, 2.24) is 0 Å². The topological polar surface area (TPSA) is 112 Å². The van der Waals surface area contributed by atoms with Crippen LogP contribution in [0.1, 0.15) is 22.3 Å². The third kappa shape index (κ3) is 12.8. The zero-order chi connectivity index (χ0) is 28.7. The molecule has 0 aromatic heterocycles. The average Bonchev–Trinajstić information content (AvgIpc) is 2.74. The predicted octanol–water partition coefficient (Wildman–Crippen LogP) is 8.53. The summed E-state index contributed by atoms with van der Waals surface area (Å²) >= 11 is 5.29. The number of nitrogens with two attached hydrogens (primary N) is 1. The van der Waals surface area contributed by atoms with E-state index in [9.17, 15) is 33.4 Å². The van der Waals surface area contributed by atoms with Gasteiger partial charge in [0.05, 0.1) is 43.1 Å². The fraction of sp³-hybridized carbons (Fsp3) is 0.333. The maximum Gasteiger partial charge on any atom is 0.272 e.